The van der Waals surface area contributed by atoms with E-state index in [1.165, 1.54) is 12.8 Å². The summed E-state index contributed by atoms with van der Waals surface area (Å²) in [4.78, 5) is 15.6. The molecule has 11 heteroatoms. The first-order valence-corrected chi connectivity index (χ1v) is 13.4. The SMILES string of the molecule is CS(=O)(=O)OCc1cc(Oc2cnc(N3CCCCCC3)nc2)nc(-c2cc(Cl)cc(Cl)c2)c1. The second-order valence-corrected chi connectivity index (χ2v) is 10.6. The van der Waals surface area contributed by atoms with Crippen LogP contribution in [0.2, 0.25) is 10.0 Å². The number of pyridine rings is 1. The lowest BCUT2D eigenvalue weighted by Crippen LogP contribution is -2.25. The Labute approximate surface area is 209 Å². The van der Waals surface area contributed by atoms with Crippen LogP contribution < -0.4 is 9.64 Å². The Morgan fingerprint density at radius 1 is 0.941 bits per heavy atom. The van der Waals surface area contributed by atoms with Crippen molar-refractivity contribution in [3.8, 4) is 22.9 Å². The fourth-order valence-corrected chi connectivity index (χ4v) is 4.51. The standard InChI is InChI=1S/C23H24Cl2N4O4S/c1-34(30,31)32-15-16-8-21(17-10-18(24)12-19(25)11-17)28-22(9-16)33-20-13-26-23(27-14-20)29-6-4-2-3-5-7-29/h8-14H,2-7,15H2,1H3. The lowest BCUT2D eigenvalue weighted by atomic mass is 10.1. The molecular formula is C23H24Cl2N4O4S. The number of hydrogen-bond acceptors (Lipinski definition) is 8. The van der Waals surface area contributed by atoms with Crippen LogP contribution in [0.1, 0.15) is 31.2 Å². The lowest BCUT2D eigenvalue weighted by molar-refractivity contribution is 0.311. The third kappa shape index (κ3) is 7.02. The Kier molecular flexibility index (Phi) is 7.88. The van der Waals surface area contributed by atoms with Gasteiger partial charge in [-0.1, -0.05) is 36.0 Å². The summed E-state index contributed by atoms with van der Waals surface area (Å²) in [6.07, 6.45) is 8.90. The average Bonchev–Trinajstić information content (AvgIpc) is 3.07. The topological polar surface area (TPSA) is 94.5 Å². The molecule has 3 heterocycles. The third-order valence-corrected chi connectivity index (χ3v) is 6.17. The monoisotopic (exact) mass is 522 g/mol. The van der Waals surface area contributed by atoms with Gasteiger partial charge in [0.25, 0.3) is 10.1 Å². The largest absolute Gasteiger partial charge is 0.436 e. The highest BCUT2D eigenvalue weighted by atomic mass is 35.5. The predicted octanol–water partition coefficient (Wildman–Crippen LogP) is 5.49. The quantitative estimate of drug-likeness (QED) is 0.375. The summed E-state index contributed by atoms with van der Waals surface area (Å²) in [5, 5.41) is 0.893. The van der Waals surface area contributed by atoms with E-state index in [1.807, 2.05) is 0 Å². The molecule has 1 fully saturated rings. The highest BCUT2D eigenvalue weighted by molar-refractivity contribution is 7.85. The van der Waals surface area contributed by atoms with Crippen LogP contribution in [0.15, 0.2) is 42.7 Å². The number of nitrogens with zero attached hydrogens (tertiary/aromatic N) is 4. The highest BCUT2D eigenvalue weighted by Gasteiger charge is 2.14. The molecule has 0 radical (unpaired) electrons. The molecule has 180 valence electrons. The predicted molar refractivity (Wildman–Crippen MR) is 132 cm³/mol. The molecule has 2 aromatic heterocycles. The number of aromatic nitrogens is 3. The third-order valence-electron chi connectivity index (χ3n) is 5.19. The van der Waals surface area contributed by atoms with E-state index in [4.69, 9.17) is 32.1 Å². The van der Waals surface area contributed by atoms with Gasteiger partial charge in [0.2, 0.25) is 11.8 Å². The van der Waals surface area contributed by atoms with Crippen molar-refractivity contribution in [1.82, 2.24) is 15.0 Å². The van der Waals surface area contributed by atoms with E-state index in [2.05, 4.69) is 19.9 Å². The van der Waals surface area contributed by atoms with Gasteiger partial charge in [0.15, 0.2) is 5.75 Å². The number of anilines is 1. The van der Waals surface area contributed by atoms with Crippen LogP contribution in [0.25, 0.3) is 11.3 Å². The van der Waals surface area contributed by atoms with E-state index >= 15 is 0 Å². The molecule has 1 aliphatic rings. The molecule has 0 aliphatic carbocycles. The van der Waals surface area contributed by atoms with E-state index in [9.17, 15) is 8.42 Å². The fraction of sp³-hybridized carbons (Fsp3) is 0.348. The molecular weight excluding hydrogens is 499 g/mol. The molecule has 8 nitrogen and oxygen atoms in total. The number of ether oxygens (including phenoxy) is 1. The van der Waals surface area contributed by atoms with E-state index in [0.29, 0.717) is 38.6 Å². The second kappa shape index (κ2) is 10.9. The van der Waals surface area contributed by atoms with Crippen molar-refractivity contribution in [3.63, 3.8) is 0 Å². The molecule has 0 atom stereocenters. The van der Waals surface area contributed by atoms with Gasteiger partial charge in [-0.15, -0.1) is 0 Å². The highest BCUT2D eigenvalue weighted by Crippen LogP contribution is 2.30. The van der Waals surface area contributed by atoms with Gasteiger partial charge in [0.05, 0.1) is 31.0 Å². The minimum Gasteiger partial charge on any atom is -0.436 e. The van der Waals surface area contributed by atoms with Gasteiger partial charge in [-0.05, 0) is 42.7 Å². The maximum Gasteiger partial charge on any atom is 0.264 e. The van der Waals surface area contributed by atoms with Crippen molar-refractivity contribution in [2.24, 2.45) is 0 Å². The summed E-state index contributed by atoms with van der Waals surface area (Å²) in [5.74, 6) is 1.31. The van der Waals surface area contributed by atoms with Gasteiger partial charge in [0.1, 0.15) is 0 Å². The van der Waals surface area contributed by atoms with Crippen molar-refractivity contribution >= 4 is 39.3 Å². The molecule has 0 unspecified atom stereocenters. The summed E-state index contributed by atoms with van der Waals surface area (Å²) >= 11 is 12.3. The molecule has 1 saturated heterocycles. The van der Waals surface area contributed by atoms with E-state index in [-0.39, 0.29) is 12.5 Å². The van der Waals surface area contributed by atoms with E-state index in [0.717, 1.165) is 32.2 Å². The van der Waals surface area contributed by atoms with Crippen LogP contribution >= 0.6 is 23.2 Å². The van der Waals surface area contributed by atoms with Crippen molar-refractivity contribution in [3.05, 3.63) is 58.3 Å². The number of rotatable bonds is 7. The molecule has 0 amide bonds. The first kappa shape index (κ1) is 24.7. The van der Waals surface area contributed by atoms with Gasteiger partial charge in [0, 0.05) is 34.8 Å². The second-order valence-electron chi connectivity index (χ2n) is 8.05. The Morgan fingerprint density at radius 2 is 1.59 bits per heavy atom. The van der Waals surface area contributed by atoms with Crippen molar-refractivity contribution in [2.75, 3.05) is 24.2 Å². The van der Waals surface area contributed by atoms with Gasteiger partial charge in [-0.25, -0.2) is 15.0 Å². The maximum atomic E-state index is 11.5. The summed E-state index contributed by atoms with van der Waals surface area (Å²) in [5.41, 5.74) is 1.69. The van der Waals surface area contributed by atoms with Gasteiger partial charge >= 0.3 is 0 Å². The summed E-state index contributed by atoms with van der Waals surface area (Å²) in [7, 11) is -3.63. The number of benzene rings is 1. The zero-order chi connectivity index (χ0) is 24.1. The maximum absolute atomic E-state index is 11.5. The Hall–Kier alpha value is -2.46. The van der Waals surface area contributed by atoms with Crippen molar-refractivity contribution in [1.29, 1.82) is 0 Å². The minimum atomic E-state index is -3.63. The van der Waals surface area contributed by atoms with Crippen LogP contribution in [0, 0.1) is 0 Å². The van der Waals surface area contributed by atoms with Crippen LogP contribution in [0.5, 0.6) is 11.6 Å². The lowest BCUT2D eigenvalue weighted by Gasteiger charge is -2.19. The first-order chi connectivity index (χ1) is 16.2. The molecule has 0 bridgehead atoms. The zero-order valence-corrected chi connectivity index (χ0v) is 20.9. The van der Waals surface area contributed by atoms with Gasteiger partial charge in [-0.3, -0.25) is 4.18 Å². The molecule has 3 aromatic rings. The fourth-order valence-electron chi connectivity index (χ4n) is 3.64. The molecule has 1 aliphatic heterocycles. The number of halogens is 2. The van der Waals surface area contributed by atoms with Crippen LogP contribution in [-0.4, -0.2) is 42.7 Å². The normalized spacial score (nSPS) is 14.6. The molecule has 0 spiro atoms. The molecule has 4 rings (SSSR count). The van der Waals surface area contributed by atoms with Gasteiger partial charge < -0.3 is 9.64 Å². The van der Waals surface area contributed by atoms with E-state index in [1.54, 1.807) is 42.7 Å². The molecule has 1 aromatic carbocycles. The van der Waals surface area contributed by atoms with Crippen LogP contribution in [0.3, 0.4) is 0 Å². The summed E-state index contributed by atoms with van der Waals surface area (Å²) in [6, 6.07) is 8.33. The average molecular weight is 523 g/mol. The van der Waals surface area contributed by atoms with Crippen molar-refractivity contribution < 1.29 is 17.3 Å². The van der Waals surface area contributed by atoms with Gasteiger partial charge in [-0.2, -0.15) is 8.42 Å². The summed E-state index contributed by atoms with van der Waals surface area (Å²) in [6.45, 7) is 1.70. The van der Waals surface area contributed by atoms with E-state index < -0.39 is 10.1 Å². The minimum absolute atomic E-state index is 0.177. The van der Waals surface area contributed by atoms with Crippen LogP contribution in [-0.2, 0) is 20.9 Å². The first-order valence-electron chi connectivity index (χ1n) is 10.8. The van der Waals surface area contributed by atoms with Crippen LogP contribution in [0.4, 0.5) is 5.95 Å². The Balaban J connectivity index is 1.60. The van der Waals surface area contributed by atoms with Crippen molar-refractivity contribution in [2.45, 2.75) is 32.3 Å². The Bertz CT molecular complexity index is 1230. The zero-order valence-electron chi connectivity index (χ0n) is 18.6. The molecule has 34 heavy (non-hydrogen) atoms. The number of hydrogen-bond donors (Lipinski definition) is 0. The summed E-state index contributed by atoms with van der Waals surface area (Å²) < 4.78 is 33.8. The molecule has 0 saturated carbocycles. The Morgan fingerprint density at radius 3 is 2.21 bits per heavy atom. The smallest absolute Gasteiger partial charge is 0.264 e. The molecule has 0 N–H and O–H groups in total.